The number of likely N-dealkylation sites (tertiary alicyclic amines) is 1. The van der Waals surface area contributed by atoms with Crippen molar-refractivity contribution >= 4 is 11.7 Å². The van der Waals surface area contributed by atoms with Gasteiger partial charge in [0.05, 0.1) is 0 Å². The second-order valence-electron chi connectivity index (χ2n) is 5.89. The van der Waals surface area contributed by atoms with Crippen molar-refractivity contribution in [3.05, 3.63) is 35.9 Å². The van der Waals surface area contributed by atoms with Gasteiger partial charge in [0.15, 0.2) is 0 Å². The molecule has 0 spiro atoms. The Labute approximate surface area is 120 Å². The molecule has 20 heavy (non-hydrogen) atoms. The number of nitrogens with zero attached hydrogens (tertiary/aromatic N) is 1. The average molecular weight is 271 g/mol. The van der Waals surface area contributed by atoms with E-state index in [0.717, 1.165) is 44.2 Å². The van der Waals surface area contributed by atoms with Crippen LogP contribution in [0.5, 0.6) is 0 Å². The zero-order chi connectivity index (χ0) is 13.9. The van der Waals surface area contributed by atoms with Gasteiger partial charge in [0, 0.05) is 30.5 Å². The molecular weight excluding hydrogens is 250 g/mol. The molecule has 1 aromatic rings. The second kappa shape index (κ2) is 5.78. The third-order valence-electron chi connectivity index (χ3n) is 4.65. The number of Topliss-reactive ketones (excluding diaryl/α,β-unsaturated/α-hetero) is 1. The summed E-state index contributed by atoms with van der Waals surface area (Å²) in [5.74, 6) is 0.541. The standard InChI is InChI=1S/C17H21NO2/c19-16-11-5-4-9-14(16)15-10-6-12-18(15)17(20)13-7-2-1-3-8-13/h1-3,7-8,14-15H,4-6,9-12H2. The van der Waals surface area contributed by atoms with Gasteiger partial charge in [0.1, 0.15) is 5.78 Å². The smallest absolute Gasteiger partial charge is 0.254 e. The number of hydrogen-bond donors (Lipinski definition) is 0. The Morgan fingerprint density at radius 3 is 2.60 bits per heavy atom. The fraction of sp³-hybridized carbons (Fsp3) is 0.529. The van der Waals surface area contributed by atoms with Crippen LogP contribution >= 0.6 is 0 Å². The van der Waals surface area contributed by atoms with Crippen LogP contribution in [0.3, 0.4) is 0 Å². The molecular formula is C17H21NO2. The topological polar surface area (TPSA) is 37.4 Å². The molecule has 1 saturated carbocycles. The summed E-state index contributed by atoms with van der Waals surface area (Å²) in [6, 6.07) is 9.56. The highest BCUT2D eigenvalue weighted by Gasteiger charge is 2.38. The Hall–Kier alpha value is -1.64. The summed E-state index contributed by atoms with van der Waals surface area (Å²) in [7, 11) is 0. The SMILES string of the molecule is O=C1CCCCC1C1CCCN1C(=O)c1ccccc1. The van der Waals surface area contributed by atoms with Gasteiger partial charge in [0.25, 0.3) is 5.91 Å². The van der Waals surface area contributed by atoms with Gasteiger partial charge in [-0.15, -0.1) is 0 Å². The van der Waals surface area contributed by atoms with E-state index in [0.29, 0.717) is 12.2 Å². The van der Waals surface area contributed by atoms with E-state index in [2.05, 4.69) is 0 Å². The molecule has 2 fully saturated rings. The lowest BCUT2D eigenvalue weighted by atomic mass is 9.81. The monoisotopic (exact) mass is 271 g/mol. The minimum absolute atomic E-state index is 0.0823. The molecule has 2 aliphatic rings. The first-order valence-electron chi connectivity index (χ1n) is 7.66. The van der Waals surface area contributed by atoms with Crippen LogP contribution in [-0.2, 0) is 4.79 Å². The molecule has 1 aromatic carbocycles. The fourth-order valence-electron chi connectivity index (χ4n) is 3.63. The molecule has 1 saturated heterocycles. The van der Waals surface area contributed by atoms with Crippen LogP contribution in [0.15, 0.2) is 30.3 Å². The highest BCUT2D eigenvalue weighted by molar-refractivity contribution is 5.95. The van der Waals surface area contributed by atoms with Crippen LogP contribution < -0.4 is 0 Å². The third kappa shape index (κ3) is 2.49. The predicted octanol–water partition coefficient (Wildman–Crippen LogP) is 3.05. The maximum Gasteiger partial charge on any atom is 0.254 e. The molecule has 3 heteroatoms. The van der Waals surface area contributed by atoms with Crippen molar-refractivity contribution in [3.63, 3.8) is 0 Å². The van der Waals surface area contributed by atoms with Crippen molar-refractivity contribution in [3.8, 4) is 0 Å². The first-order valence-corrected chi connectivity index (χ1v) is 7.66. The van der Waals surface area contributed by atoms with Crippen molar-refractivity contribution in [1.82, 2.24) is 4.90 Å². The van der Waals surface area contributed by atoms with Crippen LogP contribution in [-0.4, -0.2) is 29.2 Å². The maximum atomic E-state index is 12.6. The van der Waals surface area contributed by atoms with Gasteiger partial charge in [0.2, 0.25) is 0 Å². The maximum absolute atomic E-state index is 12.6. The summed E-state index contributed by atoms with van der Waals surface area (Å²) in [5, 5.41) is 0. The number of ketones is 1. The Morgan fingerprint density at radius 2 is 1.85 bits per heavy atom. The van der Waals surface area contributed by atoms with E-state index in [1.165, 1.54) is 0 Å². The largest absolute Gasteiger partial charge is 0.335 e. The molecule has 2 atom stereocenters. The summed E-state index contributed by atoms with van der Waals surface area (Å²) in [6.07, 6.45) is 5.81. The number of benzene rings is 1. The van der Waals surface area contributed by atoms with Gasteiger partial charge in [-0.05, 0) is 37.8 Å². The Morgan fingerprint density at radius 1 is 1.05 bits per heavy atom. The van der Waals surface area contributed by atoms with E-state index in [4.69, 9.17) is 0 Å². The lowest BCUT2D eigenvalue weighted by Gasteiger charge is -2.33. The molecule has 3 rings (SSSR count). The van der Waals surface area contributed by atoms with E-state index in [-0.39, 0.29) is 17.9 Å². The minimum Gasteiger partial charge on any atom is -0.335 e. The van der Waals surface area contributed by atoms with Crippen LogP contribution in [0.2, 0.25) is 0 Å². The normalized spacial score (nSPS) is 26.8. The third-order valence-corrected chi connectivity index (χ3v) is 4.65. The second-order valence-corrected chi connectivity index (χ2v) is 5.89. The van der Waals surface area contributed by atoms with Crippen molar-refractivity contribution < 1.29 is 9.59 Å². The van der Waals surface area contributed by atoms with Crippen LogP contribution in [0, 0.1) is 5.92 Å². The molecule has 0 aromatic heterocycles. The molecule has 1 amide bonds. The lowest BCUT2D eigenvalue weighted by Crippen LogP contribution is -2.43. The van der Waals surface area contributed by atoms with Crippen molar-refractivity contribution in [1.29, 1.82) is 0 Å². The zero-order valence-electron chi connectivity index (χ0n) is 11.8. The summed E-state index contributed by atoms with van der Waals surface area (Å²) >= 11 is 0. The van der Waals surface area contributed by atoms with E-state index in [9.17, 15) is 9.59 Å². The van der Waals surface area contributed by atoms with E-state index in [1.807, 2.05) is 35.2 Å². The number of carbonyl (C=O) groups is 2. The van der Waals surface area contributed by atoms with Gasteiger partial charge < -0.3 is 4.90 Å². The highest BCUT2D eigenvalue weighted by Crippen LogP contribution is 2.33. The van der Waals surface area contributed by atoms with E-state index in [1.54, 1.807) is 0 Å². The molecule has 0 radical (unpaired) electrons. The molecule has 0 N–H and O–H groups in total. The lowest BCUT2D eigenvalue weighted by molar-refractivity contribution is -0.126. The predicted molar refractivity (Wildman–Crippen MR) is 77.5 cm³/mol. The zero-order valence-corrected chi connectivity index (χ0v) is 11.8. The first-order chi connectivity index (χ1) is 9.77. The van der Waals surface area contributed by atoms with Gasteiger partial charge in [-0.25, -0.2) is 0 Å². The van der Waals surface area contributed by atoms with E-state index >= 15 is 0 Å². The van der Waals surface area contributed by atoms with Gasteiger partial charge >= 0.3 is 0 Å². The van der Waals surface area contributed by atoms with Crippen molar-refractivity contribution in [2.45, 2.75) is 44.6 Å². The number of rotatable bonds is 2. The quantitative estimate of drug-likeness (QED) is 0.829. The number of amides is 1. The summed E-state index contributed by atoms with van der Waals surface area (Å²) in [4.78, 5) is 26.7. The van der Waals surface area contributed by atoms with Gasteiger partial charge in [-0.2, -0.15) is 0 Å². The Balaban J connectivity index is 1.78. The van der Waals surface area contributed by atoms with Gasteiger partial charge in [-0.3, -0.25) is 9.59 Å². The molecule has 0 bridgehead atoms. The van der Waals surface area contributed by atoms with Crippen LogP contribution in [0.25, 0.3) is 0 Å². The first kappa shape index (κ1) is 13.3. The van der Waals surface area contributed by atoms with Crippen molar-refractivity contribution in [2.24, 2.45) is 5.92 Å². The summed E-state index contributed by atoms with van der Waals surface area (Å²) < 4.78 is 0. The highest BCUT2D eigenvalue weighted by atomic mass is 16.2. The van der Waals surface area contributed by atoms with Crippen LogP contribution in [0.1, 0.15) is 48.9 Å². The Bertz CT molecular complexity index is 497. The van der Waals surface area contributed by atoms with Crippen molar-refractivity contribution in [2.75, 3.05) is 6.54 Å². The summed E-state index contributed by atoms with van der Waals surface area (Å²) in [6.45, 7) is 0.794. The molecule has 3 nitrogen and oxygen atoms in total. The molecule has 2 unspecified atom stereocenters. The molecule has 1 aliphatic heterocycles. The summed E-state index contributed by atoms with van der Waals surface area (Å²) in [5.41, 5.74) is 0.739. The molecule has 1 aliphatic carbocycles. The van der Waals surface area contributed by atoms with Gasteiger partial charge in [-0.1, -0.05) is 24.6 Å². The van der Waals surface area contributed by atoms with Crippen LogP contribution in [0.4, 0.5) is 0 Å². The molecule has 106 valence electrons. The average Bonchev–Trinajstić information content (AvgIpc) is 2.97. The fourth-order valence-corrected chi connectivity index (χ4v) is 3.63. The Kier molecular flexibility index (Phi) is 3.86. The molecule has 1 heterocycles. The number of hydrogen-bond acceptors (Lipinski definition) is 2. The number of carbonyl (C=O) groups excluding carboxylic acids is 2. The minimum atomic E-state index is 0.0823. The van der Waals surface area contributed by atoms with E-state index < -0.39 is 0 Å².